The molecule has 112 valence electrons. The van der Waals surface area contributed by atoms with Gasteiger partial charge in [0.2, 0.25) is 5.91 Å². The van der Waals surface area contributed by atoms with Crippen LogP contribution in [0.25, 0.3) is 0 Å². The van der Waals surface area contributed by atoms with E-state index in [1.54, 1.807) is 0 Å². The summed E-state index contributed by atoms with van der Waals surface area (Å²) in [6.45, 7) is 9.07. The second-order valence-electron chi connectivity index (χ2n) is 6.31. The van der Waals surface area contributed by atoms with Gasteiger partial charge in [0.25, 0.3) is 0 Å². The second-order valence-corrected chi connectivity index (χ2v) is 6.31. The van der Waals surface area contributed by atoms with E-state index < -0.39 is 0 Å². The Labute approximate surface area is 123 Å². The Morgan fingerprint density at radius 3 is 2.47 bits per heavy atom. The Balaban J connectivity index is 0.00000180. The van der Waals surface area contributed by atoms with Crippen molar-refractivity contribution >= 4 is 18.3 Å². The molecule has 2 saturated heterocycles. The number of nitrogens with one attached hydrogen (secondary N) is 1. The van der Waals surface area contributed by atoms with Crippen molar-refractivity contribution in [2.24, 2.45) is 11.8 Å². The predicted octanol–water partition coefficient (Wildman–Crippen LogP) is 1.21. The molecule has 0 aromatic carbocycles. The van der Waals surface area contributed by atoms with Crippen molar-refractivity contribution in [1.82, 2.24) is 15.1 Å². The third-order valence-corrected chi connectivity index (χ3v) is 4.26. The maximum absolute atomic E-state index is 12.3. The molecule has 5 heteroatoms. The summed E-state index contributed by atoms with van der Waals surface area (Å²) < 4.78 is 0. The molecule has 3 atom stereocenters. The molecule has 3 unspecified atom stereocenters. The largest absolute Gasteiger partial charge is 0.341 e. The van der Waals surface area contributed by atoms with Gasteiger partial charge >= 0.3 is 0 Å². The van der Waals surface area contributed by atoms with Crippen LogP contribution in [0.15, 0.2) is 0 Å². The van der Waals surface area contributed by atoms with Crippen LogP contribution in [0.5, 0.6) is 0 Å². The number of carbonyl (C=O) groups is 1. The van der Waals surface area contributed by atoms with Gasteiger partial charge in [0, 0.05) is 25.7 Å². The maximum Gasteiger partial charge on any atom is 0.236 e. The summed E-state index contributed by atoms with van der Waals surface area (Å²) in [7, 11) is 2.08. The fourth-order valence-electron chi connectivity index (χ4n) is 3.32. The van der Waals surface area contributed by atoms with Gasteiger partial charge in [-0.3, -0.25) is 9.69 Å². The maximum atomic E-state index is 12.3. The Kier molecular flexibility index (Phi) is 6.57. The van der Waals surface area contributed by atoms with Crippen LogP contribution < -0.4 is 5.32 Å². The first-order valence-corrected chi connectivity index (χ1v) is 7.25. The van der Waals surface area contributed by atoms with Crippen molar-refractivity contribution in [2.75, 3.05) is 39.8 Å². The highest BCUT2D eigenvalue weighted by molar-refractivity contribution is 5.85. The van der Waals surface area contributed by atoms with Crippen LogP contribution >= 0.6 is 12.4 Å². The van der Waals surface area contributed by atoms with Crippen molar-refractivity contribution < 1.29 is 4.79 Å². The summed E-state index contributed by atoms with van der Waals surface area (Å²) in [5.74, 6) is 1.61. The fraction of sp³-hybridized carbons (Fsp3) is 0.929. The predicted molar refractivity (Wildman–Crippen MR) is 80.7 cm³/mol. The van der Waals surface area contributed by atoms with E-state index in [0.29, 0.717) is 30.3 Å². The number of amides is 1. The van der Waals surface area contributed by atoms with Crippen LogP contribution in [0, 0.1) is 11.8 Å². The van der Waals surface area contributed by atoms with E-state index in [9.17, 15) is 4.79 Å². The molecule has 0 saturated carbocycles. The van der Waals surface area contributed by atoms with Gasteiger partial charge in [-0.2, -0.15) is 0 Å². The van der Waals surface area contributed by atoms with E-state index in [2.05, 4.69) is 36.0 Å². The standard InChI is InChI=1S/C14H27N3O.ClH/c1-11-6-12(2)9-17(8-11)14(18)10-16(3)13-4-5-15-7-13;/h11-13,15H,4-10H2,1-3H3;1H. The third kappa shape index (κ3) is 4.62. The van der Waals surface area contributed by atoms with E-state index in [-0.39, 0.29) is 12.4 Å². The molecule has 0 radical (unpaired) electrons. The Morgan fingerprint density at radius 2 is 1.95 bits per heavy atom. The molecule has 0 spiro atoms. The van der Waals surface area contributed by atoms with Crippen LogP contribution in [-0.4, -0.2) is 61.5 Å². The van der Waals surface area contributed by atoms with Gasteiger partial charge in [-0.05, 0) is 38.3 Å². The fourth-order valence-corrected chi connectivity index (χ4v) is 3.32. The molecular weight excluding hydrogens is 262 g/mol. The summed E-state index contributed by atoms with van der Waals surface area (Å²) in [5, 5.41) is 3.35. The monoisotopic (exact) mass is 289 g/mol. The lowest BCUT2D eigenvalue weighted by atomic mass is 9.92. The summed E-state index contributed by atoms with van der Waals surface area (Å²) in [5.41, 5.74) is 0. The van der Waals surface area contributed by atoms with Crippen LogP contribution in [0.3, 0.4) is 0 Å². The van der Waals surface area contributed by atoms with Crippen LogP contribution in [0.1, 0.15) is 26.7 Å². The van der Waals surface area contributed by atoms with Crippen LogP contribution in [-0.2, 0) is 4.79 Å². The Hall–Kier alpha value is -0.320. The highest BCUT2D eigenvalue weighted by Crippen LogP contribution is 2.21. The lowest BCUT2D eigenvalue weighted by Gasteiger charge is -2.36. The Bertz CT molecular complexity index is 284. The van der Waals surface area contributed by atoms with E-state index in [0.717, 1.165) is 32.6 Å². The van der Waals surface area contributed by atoms with Gasteiger partial charge in [0.15, 0.2) is 0 Å². The van der Waals surface area contributed by atoms with E-state index in [1.807, 2.05) is 0 Å². The zero-order chi connectivity index (χ0) is 13.1. The molecule has 0 aromatic heterocycles. The summed E-state index contributed by atoms with van der Waals surface area (Å²) in [4.78, 5) is 16.6. The van der Waals surface area contributed by atoms with Crippen molar-refractivity contribution in [3.05, 3.63) is 0 Å². The first-order chi connectivity index (χ1) is 8.56. The van der Waals surface area contributed by atoms with E-state index in [1.165, 1.54) is 6.42 Å². The quantitative estimate of drug-likeness (QED) is 0.848. The number of likely N-dealkylation sites (tertiary alicyclic amines) is 1. The molecule has 2 aliphatic heterocycles. The minimum atomic E-state index is 0. The molecule has 0 aliphatic carbocycles. The van der Waals surface area contributed by atoms with Crippen LogP contribution in [0.4, 0.5) is 0 Å². The highest BCUT2D eigenvalue weighted by atomic mass is 35.5. The number of nitrogens with zero attached hydrogens (tertiary/aromatic N) is 2. The molecule has 19 heavy (non-hydrogen) atoms. The normalized spacial score (nSPS) is 31.4. The Morgan fingerprint density at radius 1 is 1.32 bits per heavy atom. The number of piperidine rings is 1. The molecule has 2 rings (SSSR count). The zero-order valence-electron chi connectivity index (χ0n) is 12.4. The van der Waals surface area contributed by atoms with Crippen molar-refractivity contribution in [2.45, 2.75) is 32.7 Å². The highest BCUT2D eigenvalue weighted by Gasteiger charge is 2.27. The van der Waals surface area contributed by atoms with Gasteiger partial charge in [-0.1, -0.05) is 13.8 Å². The van der Waals surface area contributed by atoms with Gasteiger partial charge in [0.05, 0.1) is 6.54 Å². The molecule has 4 nitrogen and oxygen atoms in total. The van der Waals surface area contributed by atoms with E-state index in [4.69, 9.17) is 0 Å². The van der Waals surface area contributed by atoms with Gasteiger partial charge < -0.3 is 10.2 Å². The third-order valence-electron chi connectivity index (χ3n) is 4.26. The van der Waals surface area contributed by atoms with Crippen molar-refractivity contribution in [1.29, 1.82) is 0 Å². The SMILES string of the molecule is CC1CC(C)CN(C(=O)CN(C)C2CCNC2)C1.Cl. The summed E-state index contributed by atoms with van der Waals surface area (Å²) >= 11 is 0. The number of carbonyl (C=O) groups excluding carboxylic acids is 1. The second kappa shape index (κ2) is 7.46. The lowest BCUT2D eigenvalue weighted by molar-refractivity contribution is -0.135. The minimum Gasteiger partial charge on any atom is -0.341 e. The smallest absolute Gasteiger partial charge is 0.236 e. The number of likely N-dealkylation sites (N-methyl/N-ethyl adjacent to an activating group) is 1. The number of hydrogen-bond acceptors (Lipinski definition) is 3. The van der Waals surface area contributed by atoms with Gasteiger partial charge in [-0.25, -0.2) is 0 Å². The summed E-state index contributed by atoms with van der Waals surface area (Å²) in [6, 6.07) is 0.536. The molecule has 2 fully saturated rings. The van der Waals surface area contributed by atoms with Gasteiger partial charge in [0.1, 0.15) is 0 Å². The molecule has 1 N–H and O–H groups in total. The number of halogens is 1. The average Bonchev–Trinajstić information content (AvgIpc) is 2.80. The average molecular weight is 290 g/mol. The first-order valence-electron chi connectivity index (χ1n) is 7.25. The minimum absolute atomic E-state index is 0. The zero-order valence-corrected chi connectivity index (χ0v) is 13.2. The molecule has 0 bridgehead atoms. The van der Waals surface area contributed by atoms with Gasteiger partial charge in [-0.15, -0.1) is 12.4 Å². The number of rotatable bonds is 3. The molecule has 2 heterocycles. The number of hydrogen-bond donors (Lipinski definition) is 1. The molecule has 2 aliphatic rings. The van der Waals surface area contributed by atoms with Crippen LogP contribution in [0.2, 0.25) is 0 Å². The molecule has 0 aromatic rings. The molecular formula is C14H28ClN3O. The molecule has 1 amide bonds. The lowest BCUT2D eigenvalue weighted by Crippen LogP contribution is -2.48. The summed E-state index contributed by atoms with van der Waals surface area (Å²) in [6.07, 6.45) is 2.42. The van der Waals surface area contributed by atoms with Crippen molar-refractivity contribution in [3.8, 4) is 0 Å². The van der Waals surface area contributed by atoms with Crippen molar-refractivity contribution in [3.63, 3.8) is 0 Å². The first kappa shape index (κ1) is 16.7. The van der Waals surface area contributed by atoms with E-state index >= 15 is 0 Å². The topological polar surface area (TPSA) is 35.6 Å².